The van der Waals surface area contributed by atoms with Gasteiger partial charge in [0, 0.05) is 58.6 Å². The smallest absolute Gasteiger partial charge is 0.222 e. The number of hydrogen-bond donors (Lipinski definition) is 3. The van der Waals surface area contributed by atoms with Gasteiger partial charge in [0.15, 0.2) is 5.82 Å². The molecule has 0 amide bonds. The van der Waals surface area contributed by atoms with Gasteiger partial charge in [-0.25, -0.2) is 10.9 Å². The maximum atomic E-state index is 5.99. The molecule has 0 saturated carbocycles. The number of hydrogen-bond acceptors (Lipinski definition) is 9. The second-order valence-electron chi connectivity index (χ2n) is 10.1. The van der Waals surface area contributed by atoms with Crippen molar-refractivity contribution in [1.82, 2.24) is 24.3 Å². The number of nitrogens with zero attached hydrogens (tertiary/aromatic N) is 5. The fourth-order valence-corrected chi connectivity index (χ4v) is 5.01. The number of rotatable bonds is 15. The number of unbranched alkanes of at least 4 members (excludes halogenated alkanes) is 2. The van der Waals surface area contributed by atoms with E-state index in [1.54, 1.807) is 0 Å². The highest BCUT2D eigenvalue weighted by Crippen LogP contribution is 2.25. The van der Waals surface area contributed by atoms with Crippen LogP contribution in [0.5, 0.6) is 0 Å². The van der Waals surface area contributed by atoms with E-state index in [1.165, 1.54) is 29.5 Å². The molecular formula is C28H44N8O2. The Morgan fingerprint density at radius 2 is 1.79 bits per heavy atom. The Labute approximate surface area is 226 Å². The number of aromatic nitrogens is 3. The first-order chi connectivity index (χ1) is 18.6. The van der Waals surface area contributed by atoms with Crippen LogP contribution in [0.3, 0.4) is 0 Å². The van der Waals surface area contributed by atoms with Gasteiger partial charge in [0.2, 0.25) is 5.95 Å². The van der Waals surface area contributed by atoms with Crippen molar-refractivity contribution in [2.24, 2.45) is 5.90 Å². The maximum absolute atomic E-state index is 5.99. The monoisotopic (exact) mass is 524 g/mol. The summed E-state index contributed by atoms with van der Waals surface area (Å²) in [5.74, 6) is 6.15. The fourth-order valence-electron chi connectivity index (χ4n) is 5.01. The first kappa shape index (κ1) is 28.3. The lowest BCUT2D eigenvalue weighted by molar-refractivity contribution is 0.0310. The molecule has 3 heterocycles. The molecule has 0 bridgehead atoms. The quantitative estimate of drug-likeness (QED) is 0.204. The van der Waals surface area contributed by atoms with Crippen LogP contribution in [-0.2, 0) is 22.7 Å². The number of nitrogens with one attached hydrogen (secondary N) is 1. The fraction of sp³-hybridized carbons (Fsp3) is 0.571. The molecule has 4 rings (SSSR count). The van der Waals surface area contributed by atoms with Gasteiger partial charge in [0.05, 0.1) is 25.3 Å². The number of nitrogen functional groups attached to an aromatic ring is 1. The maximum Gasteiger partial charge on any atom is 0.222 e. The van der Waals surface area contributed by atoms with E-state index < -0.39 is 0 Å². The molecule has 0 aliphatic carbocycles. The molecule has 1 saturated heterocycles. The van der Waals surface area contributed by atoms with E-state index in [0.29, 0.717) is 19.2 Å². The first-order valence-corrected chi connectivity index (χ1v) is 13.9. The molecule has 2 aromatic heterocycles. The molecule has 1 aliphatic rings. The van der Waals surface area contributed by atoms with Gasteiger partial charge in [-0.3, -0.25) is 9.80 Å². The minimum atomic E-state index is 0.306. The minimum absolute atomic E-state index is 0.306. The molecule has 3 aromatic rings. The van der Waals surface area contributed by atoms with E-state index in [1.807, 2.05) is 6.07 Å². The Morgan fingerprint density at radius 3 is 2.55 bits per heavy atom. The summed E-state index contributed by atoms with van der Waals surface area (Å²) < 4.78 is 7.77. The van der Waals surface area contributed by atoms with E-state index in [9.17, 15) is 0 Å². The van der Waals surface area contributed by atoms with E-state index in [2.05, 4.69) is 72.7 Å². The van der Waals surface area contributed by atoms with Crippen LogP contribution in [0, 0.1) is 6.92 Å². The van der Waals surface area contributed by atoms with Crippen LogP contribution in [-0.4, -0.2) is 83.4 Å². The number of ether oxygens (including phenoxy) is 1. The Hall–Kier alpha value is -2.76. The number of anilines is 2. The molecule has 10 nitrogen and oxygen atoms in total. The van der Waals surface area contributed by atoms with Crippen molar-refractivity contribution in [2.45, 2.75) is 46.2 Å². The predicted octanol–water partition coefficient (Wildman–Crippen LogP) is 3.00. The Bertz CT molecular complexity index is 1140. The summed E-state index contributed by atoms with van der Waals surface area (Å²) in [6.07, 6.45) is 5.57. The number of aryl methyl sites for hydroxylation is 1. The predicted molar refractivity (Wildman–Crippen MR) is 153 cm³/mol. The molecule has 1 aromatic carbocycles. The number of nitrogens with two attached hydrogens (primary N) is 2. The van der Waals surface area contributed by atoms with Crippen LogP contribution in [0.15, 0.2) is 30.5 Å². The normalized spacial score (nSPS) is 14.9. The Kier molecular flexibility index (Phi) is 10.7. The van der Waals surface area contributed by atoms with Gasteiger partial charge < -0.3 is 25.2 Å². The zero-order chi connectivity index (χ0) is 26.7. The first-order valence-electron chi connectivity index (χ1n) is 13.9. The summed E-state index contributed by atoms with van der Waals surface area (Å²) in [5, 5.41) is 3.49. The summed E-state index contributed by atoms with van der Waals surface area (Å²) in [7, 11) is 0. The van der Waals surface area contributed by atoms with Crippen molar-refractivity contribution in [1.29, 1.82) is 0 Å². The standard InChI is InChI=1S/C28H44N8O2/c1-3-4-5-9-31-27-26-25(32-28(29)33-27)8-10-36(26)21-24-7-6-23(19-22(24)2)20-35-13-11-34(12-14-35)15-16-37-17-18-38-30/h6-8,10,19H,3-5,9,11-18,20-21,30H2,1-2H3,(H3,29,31,32,33). The topological polar surface area (TPSA) is 120 Å². The Balaban J connectivity index is 1.33. The van der Waals surface area contributed by atoms with E-state index in [4.69, 9.17) is 16.4 Å². The molecule has 1 fully saturated rings. The van der Waals surface area contributed by atoms with E-state index >= 15 is 0 Å². The number of piperazine rings is 1. The Morgan fingerprint density at radius 1 is 0.974 bits per heavy atom. The summed E-state index contributed by atoms with van der Waals surface area (Å²) in [6, 6.07) is 8.89. The highest BCUT2D eigenvalue weighted by molar-refractivity contribution is 5.87. The van der Waals surface area contributed by atoms with Crippen molar-refractivity contribution in [2.75, 3.05) is 70.1 Å². The summed E-state index contributed by atoms with van der Waals surface area (Å²) in [5.41, 5.74) is 11.8. The van der Waals surface area contributed by atoms with Crippen LogP contribution in [0.4, 0.5) is 11.8 Å². The lowest BCUT2D eigenvalue weighted by Crippen LogP contribution is -2.46. The molecule has 0 atom stereocenters. The van der Waals surface area contributed by atoms with Gasteiger partial charge in [-0.2, -0.15) is 4.98 Å². The number of fused-ring (bicyclic) bond motifs is 1. The molecule has 0 spiro atoms. The zero-order valence-corrected chi connectivity index (χ0v) is 23.0. The van der Waals surface area contributed by atoms with Gasteiger partial charge in [-0.15, -0.1) is 0 Å². The average Bonchev–Trinajstić information content (AvgIpc) is 3.31. The van der Waals surface area contributed by atoms with Gasteiger partial charge in [-0.05, 0) is 36.1 Å². The summed E-state index contributed by atoms with van der Waals surface area (Å²) in [6.45, 7) is 14.0. The number of benzene rings is 1. The van der Waals surface area contributed by atoms with Crippen LogP contribution >= 0.6 is 0 Å². The molecule has 1 aliphatic heterocycles. The molecule has 0 unspecified atom stereocenters. The molecule has 5 N–H and O–H groups in total. The zero-order valence-electron chi connectivity index (χ0n) is 23.0. The molecular weight excluding hydrogens is 480 g/mol. The SMILES string of the molecule is CCCCCNc1nc(N)nc2ccn(Cc3ccc(CN4CCN(CCOCCON)CC4)cc3C)c12. The largest absolute Gasteiger partial charge is 0.378 e. The van der Waals surface area contributed by atoms with Crippen LogP contribution < -0.4 is 16.9 Å². The molecule has 38 heavy (non-hydrogen) atoms. The van der Waals surface area contributed by atoms with E-state index in [-0.39, 0.29) is 0 Å². The van der Waals surface area contributed by atoms with Crippen molar-refractivity contribution < 1.29 is 9.57 Å². The highest BCUT2D eigenvalue weighted by atomic mass is 16.6. The molecule has 10 heteroatoms. The summed E-state index contributed by atoms with van der Waals surface area (Å²) >= 11 is 0. The second kappa shape index (κ2) is 14.4. The average molecular weight is 525 g/mol. The van der Waals surface area contributed by atoms with Gasteiger partial charge in [-0.1, -0.05) is 38.0 Å². The second-order valence-corrected chi connectivity index (χ2v) is 10.1. The van der Waals surface area contributed by atoms with Crippen molar-refractivity contribution in [3.05, 3.63) is 47.2 Å². The lowest BCUT2D eigenvalue weighted by atomic mass is 10.0. The van der Waals surface area contributed by atoms with Crippen molar-refractivity contribution in [3.8, 4) is 0 Å². The lowest BCUT2D eigenvalue weighted by Gasteiger charge is -2.34. The summed E-state index contributed by atoms with van der Waals surface area (Å²) in [4.78, 5) is 18.5. The highest BCUT2D eigenvalue weighted by Gasteiger charge is 2.17. The van der Waals surface area contributed by atoms with E-state index in [0.717, 1.165) is 82.2 Å². The van der Waals surface area contributed by atoms with Crippen LogP contribution in [0.2, 0.25) is 0 Å². The third-order valence-corrected chi connectivity index (χ3v) is 7.22. The van der Waals surface area contributed by atoms with Crippen LogP contribution in [0.1, 0.15) is 42.9 Å². The molecule has 0 radical (unpaired) electrons. The van der Waals surface area contributed by atoms with Crippen molar-refractivity contribution >= 4 is 22.8 Å². The molecule has 208 valence electrons. The van der Waals surface area contributed by atoms with Gasteiger partial charge in [0.1, 0.15) is 5.52 Å². The van der Waals surface area contributed by atoms with Gasteiger partial charge in [0.25, 0.3) is 0 Å². The minimum Gasteiger partial charge on any atom is -0.378 e. The third-order valence-electron chi connectivity index (χ3n) is 7.22. The van der Waals surface area contributed by atoms with Crippen LogP contribution in [0.25, 0.3) is 11.0 Å². The van der Waals surface area contributed by atoms with Gasteiger partial charge >= 0.3 is 0 Å². The third kappa shape index (κ3) is 7.87. The van der Waals surface area contributed by atoms with Crippen molar-refractivity contribution in [3.63, 3.8) is 0 Å².